The average molecular weight is 393 g/mol. The molecule has 0 saturated carbocycles. The van der Waals surface area contributed by atoms with E-state index < -0.39 is 0 Å². The lowest BCUT2D eigenvalue weighted by Crippen LogP contribution is -2.02. The Balaban J connectivity index is 1.73. The molecule has 0 aliphatic heterocycles. The smallest absolute Gasteiger partial charge is 0.189 e. The highest BCUT2D eigenvalue weighted by atomic mass is 79.9. The van der Waals surface area contributed by atoms with Crippen molar-refractivity contribution in [1.82, 2.24) is 0 Å². The first-order chi connectivity index (χ1) is 12.2. The van der Waals surface area contributed by atoms with Gasteiger partial charge in [-0.15, -0.1) is 0 Å². The van der Waals surface area contributed by atoms with Gasteiger partial charge in [-0.25, -0.2) is 0 Å². The fourth-order valence-electron chi connectivity index (χ4n) is 2.37. The fourth-order valence-corrected chi connectivity index (χ4v) is 2.63. The average Bonchev–Trinajstić information content (AvgIpc) is 2.67. The monoisotopic (exact) mass is 392 g/mol. The third-order valence-electron chi connectivity index (χ3n) is 3.69. The third-order valence-corrected chi connectivity index (χ3v) is 4.22. The lowest BCUT2D eigenvalue weighted by molar-refractivity contribution is 0.104. The van der Waals surface area contributed by atoms with Crippen LogP contribution in [0.1, 0.15) is 21.5 Å². The van der Waals surface area contributed by atoms with Gasteiger partial charge in [0.25, 0.3) is 0 Å². The molecule has 0 saturated heterocycles. The van der Waals surface area contributed by atoms with Crippen LogP contribution in [-0.2, 0) is 6.61 Å². The van der Waals surface area contributed by atoms with Gasteiger partial charge in [0.15, 0.2) is 5.78 Å². The van der Waals surface area contributed by atoms with Gasteiger partial charge in [-0.3, -0.25) is 4.79 Å². The quantitative estimate of drug-likeness (QED) is 0.384. The Kier molecular flexibility index (Phi) is 5.81. The van der Waals surface area contributed by atoms with Crippen molar-refractivity contribution in [2.45, 2.75) is 6.61 Å². The number of ketones is 1. The van der Waals surface area contributed by atoms with Crippen LogP contribution in [-0.4, -0.2) is 5.78 Å². The Hall–Kier alpha value is -2.65. The zero-order valence-electron chi connectivity index (χ0n) is 13.6. The summed E-state index contributed by atoms with van der Waals surface area (Å²) in [4.78, 5) is 12.5. The lowest BCUT2D eigenvalue weighted by Gasteiger charge is -2.09. The number of allylic oxidation sites excluding steroid dienone is 1. The molecule has 3 aromatic carbocycles. The molecule has 0 radical (unpaired) electrons. The first kappa shape index (κ1) is 17.2. The maximum atomic E-state index is 12.5. The molecular weight excluding hydrogens is 376 g/mol. The molecule has 0 bridgehead atoms. The Morgan fingerprint density at radius 2 is 1.56 bits per heavy atom. The second-order valence-electron chi connectivity index (χ2n) is 5.52. The molecule has 2 nitrogen and oxygen atoms in total. The van der Waals surface area contributed by atoms with E-state index in [1.165, 1.54) is 0 Å². The molecule has 0 aliphatic rings. The Labute approximate surface area is 155 Å². The number of hydrogen-bond donors (Lipinski definition) is 0. The summed E-state index contributed by atoms with van der Waals surface area (Å²) in [5, 5.41) is 0. The first-order valence-corrected chi connectivity index (χ1v) is 8.75. The van der Waals surface area contributed by atoms with Crippen LogP contribution in [0.4, 0.5) is 0 Å². The van der Waals surface area contributed by atoms with Crippen molar-refractivity contribution >= 4 is 27.8 Å². The molecule has 124 valence electrons. The molecule has 0 fully saturated rings. The minimum atomic E-state index is -0.0772. The molecule has 0 amide bonds. The van der Waals surface area contributed by atoms with Crippen molar-refractivity contribution < 1.29 is 9.53 Å². The van der Waals surface area contributed by atoms with E-state index in [-0.39, 0.29) is 5.78 Å². The largest absolute Gasteiger partial charge is 0.488 e. The van der Waals surface area contributed by atoms with E-state index in [9.17, 15) is 4.79 Å². The fraction of sp³-hybridized carbons (Fsp3) is 0.0455. The summed E-state index contributed by atoms with van der Waals surface area (Å²) in [7, 11) is 0. The van der Waals surface area contributed by atoms with Crippen molar-refractivity contribution in [2.24, 2.45) is 0 Å². The van der Waals surface area contributed by atoms with E-state index in [0.717, 1.165) is 15.6 Å². The molecule has 0 heterocycles. The predicted octanol–water partition coefficient (Wildman–Crippen LogP) is 5.92. The lowest BCUT2D eigenvalue weighted by atomic mass is 10.1. The van der Waals surface area contributed by atoms with Gasteiger partial charge in [-0.1, -0.05) is 76.6 Å². The second-order valence-corrected chi connectivity index (χ2v) is 6.44. The highest BCUT2D eigenvalue weighted by molar-refractivity contribution is 9.10. The van der Waals surface area contributed by atoms with Crippen LogP contribution in [0.3, 0.4) is 0 Å². The molecule has 25 heavy (non-hydrogen) atoms. The van der Waals surface area contributed by atoms with Gasteiger partial charge in [0, 0.05) is 4.47 Å². The van der Waals surface area contributed by atoms with Gasteiger partial charge in [-0.2, -0.15) is 0 Å². The van der Waals surface area contributed by atoms with Gasteiger partial charge in [0.2, 0.25) is 0 Å². The first-order valence-electron chi connectivity index (χ1n) is 7.96. The number of ether oxygens (including phenoxy) is 1. The molecule has 3 aromatic rings. The zero-order valence-corrected chi connectivity index (χ0v) is 15.1. The van der Waals surface area contributed by atoms with Crippen LogP contribution in [0.2, 0.25) is 0 Å². The molecule has 0 N–H and O–H groups in total. The van der Waals surface area contributed by atoms with Crippen molar-refractivity contribution in [2.75, 3.05) is 0 Å². The van der Waals surface area contributed by atoms with E-state index in [0.29, 0.717) is 17.9 Å². The maximum Gasteiger partial charge on any atom is 0.189 e. The molecule has 0 atom stereocenters. The number of carbonyl (C=O) groups is 1. The number of rotatable bonds is 6. The second kappa shape index (κ2) is 8.45. The summed E-state index contributed by atoms with van der Waals surface area (Å²) in [5.74, 6) is 0.517. The summed E-state index contributed by atoms with van der Waals surface area (Å²) >= 11 is 3.40. The zero-order chi connectivity index (χ0) is 17.5. The number of hydrogen-bond acceptors (Lipinski definition) is 2. The summed E-state index contributed by atoms with van der Waals surface area (Å²) in [5.41, 5.74) is 2.60. The van der Waals surface area contributed by atoms with Gasteiger partial charge in [0.1, 0.15) is 12.4 Å². The summed E-state index contributed by atoms with van der Waals surface area (Å²) in [6.45, 7) is 0.432. The number of para-hydroxylation sites is 1. The van der Waals surface area contributed by atoms with Crippen LogP contribution >= 0.6 is 15.9 Å². The minimum absolute atomic E-state index is 0.0772. The van der Waals surface area contributed by atoms with E-state index in [2.05, 4.69) is 15.9 Å². The molecule has 0 unspecified atom stereocenters. The van der Waals surface area contributed by atoms with Gasteiger partial charge in [-0.05, 0) is 41.5 Å². The molecule has 3 rings (SSSR count). The molecule has 0 aromatic heterocycles. The summed E-state index contributed by atoms with van der Waals surface area (Å²) < 4.78 is 6.86. The van der Waals surface area contributed by atoms with Gasteiger partial charge in [0.05, 0.1) is 5.56 Å². The van der Waals surface area contributed by atoms with Crippen molar-refractivity contribution in [1.29, 1.82) is 0 Å². The van der Waals surface area contributed by atoms with E-state index in [1.807, 2.05) is 78.9 Å². The molecular formula is C22H17BrO2. The standard InChI is InChI=1S/C22H17BrO2/c23-19-13-10-17(11-14-19)12-15-21(24)20-8-4-5-9-22(20)25-16-18-6-2-1-3-7-18/h1-15H,16H2/b15-12+. The molecule has 0 aliphatic carbocycles. The number of halogens is 1. The summed E-state index contributed by atoms with van der Waals surface area (Å²) in [6, 6.07) is 25.0. The van der Waals surface area contributed by atoms with Crippen molar-refractivity contribution in [3.63, 3.8) is 0 Å². The minimum Gasteiger partial charge on any atom is -0.488 e. The highest BCUT2D eigenvalue weighted by Gasteiger charge is 2.09. The Morgan fingerprint density at radius 1 is 0.880 bits per heavy atom. The van der Waals surface area contributed by atoms with Crippen LogP contribution in [0.25, 0.3) is 6.08 Å². The third kappa shape index (κ3) is 4.91. The van der Waals surface area contributed by atoms with Crippen LogP contribution < -0.4 is 4.74 Å². The van der Waals surface area contributed by atoms with E-state index >= 15 is 0 Å². The summed E-state index contributed by atoms with van der Waals surface area (Å²) in [6.07, 6.45) is 3.39. The van der Waals surface area contributed by atoms with Crippen molar-refractivity contribution in [3.8, 4) is 5.75 Å². The van der Waals surface area contributed by atoms with Crippen LogP contribution in [0.15, 0.2) is 89.4 Å². The molecule has 3 heteroatoms. The topological polar surface area (TPSA) is 26.3 Å². The van der Waals surface area contributed by atoms with Crippen LogP contribution in [0, 0.1) is 0 Å². The highest BCUT2D eigenvalue weighted by Crippen LogP contribution is 2.21. The predicted molar refractivity (Wildman–Crippen MR) is 105 cm³/mol. The van der Waals surface area contributed by atoms with Gasteiger partial charge < -0.3 is 4.74 Å². The van der Waals surface area contributed by atoms with Gasteiger partial charge >= 0.3 is 0 Å². The van der Waals surface area contributed by atoms with Crippen LogP contribution in [0.5, 0.6) is 5.75 Å². The van der Waals surface area contributed by atoms with Crippen molar-refractivity contribution in [3.05, 3.63) is 106 Å². The number of carbonyl (C=O) groups excluding carboxylic acids is 1. The van der Waals surface area contributed by atoms with E-state index in [4.69, 9.17) is 4.74 Å². The molecule has 0 spiro atoms. The maximum absolute atomic E-state index is 12.5. The number of benzene rings is 3. The Morgan fingerprint density at radius 3 is 2.32 bits per heavy atom. The normalized spacial score (nSPS) is 10.8. The van der Waals surface area contributed by atoms with E-state index in [1.54, 1.807) is 12.1 Å². The Bertz CT molecular complexity index is 868. The SMILES string of the molecule is O=C(/C=C/c1ccc(Br)cc1)c1ccccc1OCc1ccccc1.